The molecule has 3 heteroatoms. The molecule has 2 N–H and O–H groups in total. The predicted octanol–water partition coefficient (Wildman–Crippen LogP) is 3.38. The number of carbonyl (C=O) groups excluding carboxylic acids is 1. The normalized spacial score (nSPS) is 17.4. The van der Waals surface area contributed by atoms with Crippen LogP contribution in [0.1, 0.15) is 43.6 Å². The molecule has 2 aromatic rings. The van der Waals surface area contributed by atoms with E-state index in [0.717, 1.165) is 10.9 Å². The summed E-state index contributed by atoms with van der Waals surface area (Å²) in [4.78, 5) is 15.9. The molecule has 1 aliphatic carbocycles. The second-order valence-electron chi connectivity index (χ2n) is 5.74. The Kier molecular flexibility index (Phi) is 3.68. The second kappa shape index (κ2) is 5.61. The first kappa shape index (κ1) is 13.1. The minimum atomic E-state index is -0.206. The lowest BCUT2D eigenvalue weighted by Gasteiger charge is -2.24. The van der Waals surface area contributed by atoms with Crippen LogP contribution in [0, 0.1) is 5.92 Å². The van der Waals surface area contributed by atoms with Crippen LogP contribution in [0.5, 0.6) is 0 Å². The summed E-state index contributed by atoms with van der Waals surface area (Å²) in [5.74, 6) is 0.610. The lowest BCUT2D eigenvalue weighted by Crippen LogP contribution is -2.20. The van der Waals surface area contributed by atoms with Gasteiger partial charge in [0.25, 0.3) is 0 Å². The van der Waals surface area contributed by atoms with Crippen LogP contribution in [-0.4, -0.2) is 10.9 Å². The largest absolute Gasteiger partial charge is 0.370 e. The molecule has 0 radical (unpaired) electrons. The number of nitrogens with zero attached hydrogens (tertiary/aromatic N) is 1. The van der Waals surface area contributed by atoms with Crippen LogP contribution in [-0.2, 0) is 4.79 Å². The van der Waals surface area contributed by atoms with E-state index >= 15 is 0 Å². The van der Waals surface area contributed by atoms with E-state index in [1.165, 1.54) is 31.2 Å². The molecule has 0 bridgehead atoms. The second-order valence-corrected chi connectivity index (χ2v) is 5.74. The van der Waals surface area contributed by atoms with Crippen molar-refractivity contribution < 1.29 is 4.79 Å². The number of aromatic nitrogens is 1. The van der Waals surface area contributed by atoms with Gasteiger partial charge in [0, 0.05) is 18.0 Å². The van der Waals surface area contributed by atoms with Crippen LogP contribution in [0.4, 0.5) is 0 Å². The molecule has 20 heavy (non-hydrogen) atoms. The fourth-order valence-corrected chi connectivity index (χ4v) is 3.56. The summed E-state index contributed by atoms with van der Waals surface area (Å²) in [6.45, 7) is 0. The van der Waals surface area contributed by atoms with Crippen molar-refractivity contribution in [3.63, 3.8) is 0 Å². The number of nitrogens with two attached hydrogens (primary N) is 1. The number of rotatable bonds is 4. The number of hydrogen-bond acceptors (Lipinski definition) is 2. The van der Waals surface area contributed by atoms with Gasteiger partial charge in [0.1, 0.15) is 0 Å². The van der Waals surface area contributed by atoms with Gasteiger partial charge in [0.05, 0.1) is 5.52 Å². The fraction of sp³-hybridized carbons (Fsp3) is 0.412. The van der Waals surface area contributed by atoms with E-state index in [1.807, 2.05) is 24.4 Å². The van der Waals surface area contributed by atoms with Crippen molar-refractivity contribution in [2.24, 2.45) is 11.7 Å². The molecule has 1 aliphatic rings. The van der Waals surface area contributed by atoms with Crippen molar-refractivity contribution in [1.29, 1.82) is 0 Å². The molecule has 1 heterocycles. The molecule has 1 saturated carbocycles. The molecule has 1 fully saturated rings. The summed E-state index contributed by atoms with van der Waals surface area (Å²) in [6.07, 6.45) is 7.19. The van der Waals surface area contributed by atoms with E-state index in [4.69, 9.17) is 5.73 Å². The van der Waals surface area contributed by atoms with E-state index in [2.05, 4.69) is 17.1 Å². The molecule has 0 spiro atoms. The van der Waals surface area contributed by atoms with Crippen molar-refractivity contribution in [2.45, 2.75) is 38.0 Å². The highest BCUT2D eigenvalue weighted by Crippen LogP contribution is 2.41. The summed E-state index contributed by atoms with van der Waals surface area (Å²) in [6, 6.07) is 10.3. The number of benzene rings is 1. The van der Waals surface area contributed by atoms with Crippen LogP contribution in [0.2, 0.25) is 0 Å². The molecule has 3 rings (SSSR count). The number of fused-ring (bicyclic) bond motifs is 1. The Hall–Kier alpha value is -1.90. The topological polar surface area (TPSA) is 56.0 Å². The first-order chi connectivity index (χ1) is 9.75. The predicted molar refractivity (Wildman–Crippen MR) is 80.3 cm³/mol. The zero-order chi connectivity index (χ0) is 13.9. The maximum absolute atomic E-state index is 11.5. The first-order valence-corrected chi connectivity index (χ1v) is 7.37. The maximum Gasteiger partial charge on any atom is 0.218 e. The maximum atomic E-state index is 11.5. The molecule has 1 amide bonds. The zero-order valence-corrected chi connectivity index (χ0v) is 11.6. The van der Waals surface area contributed by atoms with Crippen LogP contribution in [0.25, 0.3) is 10.9 Å². The third-order valence-corrected chi connectivity index (χ3v) is 4.47. The fourth-order valence-electron chi connectivity index (χ4n) is 3.56. The average Bonchev–Trinajstić information content (AvgIpc) is 2.98. The van der Waals surface area contributed by atoms with Crippen LogP contribution >= 0.6 is 0 Å². The van der Waals surface area contributed by atoms with Crippen molar-refractivity contribution in [1.82, 2.24) is 4.98 Å². The standard InChI is InChI=1S/C17H20N2O/c18-17(20)11-15(12-5-1-2-6-12)13-7-3-9-16-14(13)8-4-10-19-16/h3-4,7-10,12,15H,1-2,5-6,11H2,(H2,18,20). The molecule has 104 valence electrons. The highest BCUT2D eigenvalue weighted by Gasteiger charge is 2.28. The molecular formula is C17H20N2O. The van der Waals surface area contributed by atoms with Crippen molar-refractivity contribution in [2.75, 3.05) is 0 Å². The molecule has 3 nitrogen and oxygen atoms in total. The van der Waals surface area contributed by atoms with E-state index in [-0.39, 0.29) is 11.8 Å². The third-order valence-electron chi connectivity index (χ3n) is 4.47. The Bertz CT molecular complexity index is 612. The molecule has 1 aromatic heterocycles. The van der Waals surface area contributed by atoms with Gasteiger partial charge in [0.15, 0.2) is 0 Å². The highest BCUT2D eigenvalue weighted by atomic mass is 16.1. The zero-order valence-electron chi connectivity index (χ0n) is 11.6. The Labute approximate surface area is 119 Å². The summed E-state index contributed by atoms with van der Waals surface area (Å²) in [5.41, 5.74) is 7.72. The number of amides is 1. The van der Waals surface area contributed by atoms with Crippen molar-refractivity contribution >= 4 is 16.8 Å². The summed E-state index contributed by atoms with van der Waals surface area (Å²) >= 11 is 0. The minimum absolute atomic E-state index is 0.206. The van der Waals surface area contributed by atoms with Gasteiger partial charge in [-0.2, -0.15) is 0 Å². The van der Waals surface area contributed by atoms with Gasteiger partial charge in [0.2, 0.25) is 5.91 Å². The smallest absolute Gasteiger partial charge is 0.218 e. The SMILES string of the molecule is NC(=O)CC(c1cccc2ncccc12)C1CCCC1. The van der Waals surface area contributed by atoms with E-state index in [0.29, 0.717) is 12.3 Å². The Morgan fingerprint density at radius 3 is 2.80 bits per heavy atom. The lowest BCUT2D eigenvalue weighted by atomic mass is 9.81. The van der Waals surface area contributed by atoms with Gasteiger partial charge < -0.3 is 5.73 Å². The quantitative estimate of drug-likeness (QED) is 0.924. The molecule has 0 aliphatic heterocycles. The number of primary amides is 1. The molecule has 1 aromatic carbocycles. The Morgan fingerprint density at radius 1 is 1.25 bits per heavy atom. The lowest BCUT2D eigenvalue weighted by molar-refractivity contribution is -0.118. The summed E-state index contributed by atoms with van der Waals surface area (Å²) in [5, 5.41) is 1.16. The molecule has 0 saturated heterocycles. The van der Waals surface area contributed by atoms with Gasteiger partial charge in [-0.1, -0.05) is 31.0 Å². The minimum Gasteiger partial charge on any atom is -0.370 e. The molecule has 1 unspecified atom stereocenters. The van der Waals surface area contributed by atoms with Crippen LogP contribution < -0.4 is 5.73 Å². The first-order valence-electron chi connectivity index (χ1n) is 7.37. The third kappa shape index (κ3) is 2.53. The highest BCUT2D eigenvalue weighted by molar-refractivity contribution is 5.84. The number of hydrogen-bond donors (Lipinski definition) is 1. The van der Waals surface area contributed by atoms with Crippen LogP contribution in [0.3, 0.4) is 0 Å². The molecular weight excluding hydrogens is 248 g/mol. The number of carbonyl (C=O) groups is 1. The van der Waals surface area contributed by atoms with E-state index in [9.17, 15) is 4.79 Å². The average molecular weight is 268 g/mol. The monoisotopic (exact) mass is 268 g/mol. The van der Waals surface area contributed by atoms with Gasteiger partial charge in [-0.25, -0.2) is 0 Å². The Balaban J connectivity index is 2.05. The van der Waals surface area contributed by atoms with E-state index < -0.39 is 0 Å². The van der Waals surface area contributed by atoms with Crippen molar-refractivity contribution in [3.8, 4) is 0 Å². The van der Waals surface area contributed by atoms with Crippen molar-refractivity contribution in [3.05, 3.63) is 42.1 Å². The van der Waals surface area contributed by atoms with Crippen LogP contribution in [0.15, 0.2) is 36.5 Å². The van der Waals surface area contributed by atoms with Gasteiger partial charge >= 0.3 is 0 Å². The van der Waals surface area contributed by atoms with Gasteiger partial charge in [-0.05, 0) is 42.4 Å². The van der Waals surface area contributed by atoms with Gasteiger partial charge in [-0.3, -0.25) is 9.78 Å². The summed E-state index contributed by atoms with van der Waals surface area (Å²) in [7, 11) is 0. The number of pyridine rings is 1. The molecule has 1 atom stereocenters. The Morgan fingerprint density at radius 2 is 2.05 bits per heavy atom. The van der Waals surface area contributed by atoms with Gasteiger partial charge in [-0.15, -0.1) is 0 Å². The summed E-state index contributed by atoms with van der Waals surface area (Å²) < 4.78 is 0. The van der Waals surface area contributed by atoms with E-state index in [1.54, 1.807) is 0 Å².